The van der Waals surface area contributed by atoms with Crippen LogP contribution in [0.2, 0.25) is 0 Å². The van der Waals surface area contributed by atoms with Gasteiger partial charge in [-0.15, -0.1) is 5.10 Å². The SMILES string of the molecule is Cn1nnnc1SCc1nc2c(N)cccc2o1. The number of anilines is 1. The number of rotatable bonds is 3. The fourth-order valence-electron chi connectivity index (χ4n) is 1.55. The summed E-state index contributed by atoms with van der Waals surface area (Å²) in [6.45, 7) is 0. The number of hydrogen-bond donors (Lipinski definition) is 1. The average Bonchev–Trinajstić information content (AvgIpc) is 2.93. The van der Waals surface area contributed by atoms with E-state index >= 15 is 0 Å². The van der Waals surface area contributed by atoms with Gasteiger partial charge in [-0.05, 0) is 22.6 Å². The summed E-state index contributed by atoms with van der Waals surface area (Å²) in [5.41, 5.74) is 7.83. The van der Waals surface area contributed by atoms with Gasteiger partial charge >= 0.3 is 0 Å². The predicted octanol–water partition coefficient (Wildman–Crippen LogP) is 1.23. The quantitative estimate of drug-likeness (QED) is 0.560. The van der Waals surface area contributed by atoms with Crippen LogP contribution >= 0.6 is 11.8 Å². The van der Waals surface area contributed by atoms with E-state index in [9.17, 15) is 0 Å². The van der Waals surface area contributed by atoms with Crippen molar-refractivity contribution >= 4 is 28.5 Å². The predicted molar refractivity (Wildman–Crippen MR) is 66.8 cm³/mol. The molecule has 92 valence electrons. The Morgan fingerprint density at radius 2 is 2.33 bits per heavy atom. The Balaban J connectivity index is 1.83. The normalized spacial score (nSPS) is 11.2. The van der Waals surface area contributed by atoms with Gasteiger partial charge < -0.3 is 10.2 Å². The standard InChI is InChI=1S/C10H10N6OS/c1-16-10(13-14-15-16)18-5-8-12-9-6(11)3-2-4-7(9)17-8/h2-4H,5,11H2,1H3. The van der Waals surface area contributed by atoms with Crippen molar-refractivity contribution in [3.8, 4) is 0 Å². The van der Waals surface area contributed by atoms with Crippen LogP contribution in [0.4, 0.5) is 5.69 Å². The van der Waals surface area contributed by atoms with E-state index in [0.29, 0.717) is 33.6 Å². The van der Waals surface area contributed by atoms with Crippen LogP contribution in [0, 0.1) is 0 Å². The van der Waals surface area contributed by atoms with Crippen molar-refractivity contribution in [2.45, 2.75) is 10.9 Å². The minimum absolute atomic E-state index is 0.558. The molecule has 3 rings (SSSR count). The molecular weight excluding hydrogens is 252 g/mol. The molecule has 2 heterocycles. The molecule has 0 aliphatic carbocycles. The number of aryl methyl sites for hydroxylation is 1. The van der Waals surface area contributed by atoms with Crippen LogP contribution in [0.25, 0.3) is 11.1 Å². The zero-order valence-electron chi connectivity index (χ0n) is 9.57. The third-order valence-electron chi connectivity index (χ3n) is 2.40. The number of aromatic nitrogens is 5. The fraction of sp³-hybridized carbons (Fsp3) is 0.200. The lowest BCUT2D eigenvalue weighted by Crippen LogP contribution is -1.93. The van der Waals surface area contributed by atoms with Crippen LogP contribution < -0.4 is 5.73 Å². The lowest BCUT2D eigenvalue weighted by atomic mass is 10.3. The maximum Gasteiger partial charge on any atom is 0.209 e. The monoisotopic (exact) mass is 262 g/mol. The van der Waals surface area contributed by atoms with Gasteiger partial charge in [-0.1, -0.05) is 17.8 Å². The molecule has 0 unspecified atom stereocenters. The van der Waals surface area contributed by atoms with Crippen molar-refractivity contribution < 1.29 is 4.42 Å². The van der Waals surface area contributed by atoms with Crippen LogP contribution in [0.5, 0.6) is 0 Å². The van der Waals surface area contributed by atoms with Gasteiger partial charge in [-0.2, -0.15) is 0 Å². The molecule has 0 spiro atoms. The number of benzene rings is 1. The van der Waals surface area contributed by atoms with Crippen LogP contribution in [0.15, 0.2) is 27.8 Å². The molecule has 0 fully saturated rings. The van der Waals surface area contributed by atoms with Crippen molar-refractivity contribution in [1.29, 1.82) is 0 Å². The number of nitrogens with two attached hydrogens (primary N) is 1. The van der Waals surface area contributed by atoms with Crippen LogP contribution in [-0.4, -0.2) is 25.2 Å². The number of nitrogens with zero attached hydrogens (tertiary/aromatic N) is 5. The minimum Gasteiger partial charge on any atom is -0.440 e. The van der Waals surface area contributed by atoms with E-state index in [1.165, 1.54) is 11.8 Å². The van der Waals surface area contributed by atoms with E-state index < -0.39 is 0 Å². The zero-order valence-corrected chi connectivity index (χ0v) is 10.4. The summed E-state index contributed by atoms with van der Waals surface area (Å²) in [5.74, 6) is 1.17. The summed E-state index contributed by atoms with van der Waals surface area (Å²) >= 11 is 1.46. The van der Waals surface area contributed by atoms with Gasteiger partial charge in [0.1, 0.15) is 5.52 Å². The molecular formula is C10H10N6OS. The van der Waals surface area contributed by atoms with Crippen molar-refractivity contribution in [2.24, 2.45) is 7.05 Å². The molecule has 1 aromatic carbocycles. The zero-order chi connectivity index (χ0) is 12.5. The maximum atomic E-state index is 5.82. The number of nitrogen functional groups attached to an aromatic ring is 1. The first-order chi connectivity index (χ1) is 8.74. The summed E-state index contributed by atoms with van der Waals surface area (Å²) in [7, 11) is 1.78. The Bertz CT molecular complexity index is 691. The van der Waals surface area contributed by atoms with Crippen molar-refractivity contribution in [3.05, 3.63) is 24.1 Å². The van der Waals surface area contributed by atoms with Gasteiger partial charge in [0.05, 0.1) is 11.4 Å². The summed E-state index contributed by atoms with van der Waals surface area (Å²) in [5, 5.41) is 11.9. The van der Waals surface area contributed by atoms with Gasteiger partial charge in [-0.25, -0.2) is 9.67 Å². The highest BCUT2D eigenvalue weighted by atomic mass is 32.2. The smallest absolute Gasteiger partial charge is 0.209 e. The Morgan fingerprint density at radius 1 is 1.44 bits per heavy atom. The molecule has 2 aromatic heterocycles. The Hall–Kier alpha value is -2.09. The fourth-order valence-corrected chi connectivity index (χ4v) is 2.24. The number of thioether (sulfide) groups is 1. The number of fused-ring (bicyclic) bond motifs is 1. The first-order valence-corrected chi connectivity index (χ1v) is 6.21. The van der Waals surface area contributed by atoms with Gasteiger partial charge in [0.15, 0.2) is 5.58 Å². The van der Waals surface area contributed by atoms with Gasteiger partial charge in [-0.3, -0.25) is 0 Å². The molecule has 0 aliphatic heterocycles. The second-order valence-corrected chi connectivity index (χ2v) is 4.62. The highest BCUT2D eigenvalue weighted by Gasteiger charge is 2.10. The summed E-state index contributed by atoms with van der Waals surface area (Å²) < 4.78 is 7.20. The van der Waals surface area contributed by atoms with Crippen LogP contribution in [0.1, 0.15) is 5.89 Å². The summed E-state index contributed by atoms with van der Waals surface area (Å²) in [4.78, 5) is 4.35. The summed E-state index contributed by atoms with van der Waals surface area (Å²) in [6.07, 6.45) is 0. The lowest BCUT2D eigenvalue weighted by Gasteiger charge is -1.94. The molecule has 8 heteroatoms. The molecule has 0 amide bonds. The third kappa shape index (κ3) is 1.90. The molecule has 7 nitrogen and oxygen atoms in total. The van der Waals surface area contributed by atoms with Crippen molar-refractivity contribution in [3.63, 3.8) is 0 Å². The molecule has 0 aliphatic rings. The largest absolute Gasteiger partial charge is 0.440 e. The van der Waals surface area contributed by atoms with E-state index in [1.54, 1.807) is 17.8 Å². The number of tetrazole rings is 1. The van der Waals surface area contributed by atoms with E-state index in [4.69, 9.17) is 10.2 Å². The Labute approximate surface area is 106 Å². The number of para-hydroxylation sites is 1. The van der Waals surface area contributed by atoms with Gasteiger partial charge in [0.25, 0.3) is 0 Å². The summed E-state index contributed by atoms with van der Waals surface area (Å²) in [6, 6.07) is 5.48. The molecule has 18 heavy (non-hydrogen) atoms. The second-order valence-electron chi connectivity index (χ2n) is 3.68. The van der Waals surface area contributed by atoms with E-state index in [0.717, 1.165) is 0 Å². The van der Waals surface area contributed by atoms with Crippen molar-refractivity contribution in [1.82, 2.24) is 25.2 Å². The van der Waals surface area contributed by atoms with Crippen LogP contribution in [0.3, 0.4) is 0 Å². The molecule has 0 bridgehead atoms. The average molecular weight is 262 g/mol. The Morgan fingerprint density at radius 3 is 3.06 bits per heavy atom. The second kappa shape index (κ2) is 4.30. The molecule has 0 saturated heterocycles. The number of oxazole rings is 1. The maximum absolute atomic E-state index is 5.82. The molecule has 0 radical (unpaired) electrons. The topological polar surface area (TPSA) is 95.7 Å². The van der Waals surface area contributed by atoms with Gasteiger partial charge in [0, 0.05) is 7.05 Å². The molecule has 0 atom stereocenters. The number of hydrogen-bond acceptors (Lipinski definition) is 7. The van der Waals surface area contributed by atoms with Crippen molar-refractivity contribution in [2.75, 3.05) is 5.73 Å². The van der Waals surface area contributed by atoms with E-state index in [2.05, 4.69) is 20.5 Å². The highest BCUT2D eigenvalue weighted by Crippen LogP contribution is 2.25. The van der Waals surface area contributed by atoms with E-state index in [-0.39, 0.29) is 0 Å². The first-order valence-electron chi connectivity index (χ1n) is 5.23. The first kappa shape index (κ1) is 11.0. The molecule has 2 N–H and O–H groups in total. The van der Waals surface area contributed by atoms with E-state index in [1.807, 2.05) is 12.1 Å². The minimum atomic E-state index is 0.558. The molecule has 3 aromatic rings. The Kier molecular flexibility index (Phi) is 2.63. The van der Waals surface area contributed by atoms with Gasteiger partial charge in [0.2, 0.25) is 11.0 Å². The highest BCUT2D eigenvalue weighted by molar-refractivity contribution is 7.98. The molecule has 0 saturated carbocycles. The van der Waals surface area contributed by atoms with Crippen LogP contribution in [-0.2, 0) is 12.8 Å². The lowest BCUT2D eigenvalue weighted by molar-refractivity contribution is 0.555. The third-order valence-corrected chi connectivity index (χ3v) is 3.40.